The largest absolute Gasteiger partial charge is 0.352 e. The number of nitrogens with zero attached hydrogens (tertiary/aromatic N) is 2. The highest BCUT2D eigenvalue weighted by Gasteiger charge is 2.31. The highest BCUT2D eigenvalue weighted by molar-refractivity contribution is 9.10. The molecule has 1 atom stereocenters. The molecule has 7 nitrogen and oxygen atoms in total. The maximum atomic E-state index is 13.7. The number of anilines is 1. The number of sulfonamides is 1. The standard InChI is InChI=1S/C26H33BrClN3O4S/c1-18-9-14-22(28)15-24(18)31(36(3,34)35)17-25(32)30(16-20-10-12-21(27)13-11-20)19(2)26(33)29-23-7-5-4-6-8-23/h9-15,19,23H,4-8,16-17H2,1-3H3,(H,29,33). The number of aryl methyl sites for hydroxylation is 1. The molecule has 36 heavy (non-hydrogen) atoms. The minimum absolute atomic E-state index is 0.0972. The highest BCUT2D eigenvalue weighted by Crippen LogP contribution is 2.27. The van der Waals surface area contributed by atoms with Crippen LogP contribution >= 0.6 is 27.5 Å². The summed E-state index contributed by atoms with van der Waals surface area (Å²) in [6, 6.07) is 11.7. The lowest BCUT2D eigenvalue weighted by atomic mass is 9.95. The van der Waals surface area contributed by atoms with E-state index in [-0.39, 0.29) is 18.5 Å². The van der Waals surface area contributed by atoms with E-state index in [1.54, 1.807) is 26.0 Å². The van der Waals surface area contributed by atoms with Crippen molar-refractivity contribution in [2.45, 2.75) is 64.6 Å². The molecule has 2 aromatic carbocycles. The van der Waals surface area contributed by atoms with Crippen LogP contribution < -0.4 is 9.62 Å². The minimum Gasteiger partial charge on any atom is -0.352 e. The van der Waals surface area contributed by atoms with Gasteiger partial charge in [0.25, 0.3) is 0 Å². The molecule has 1 aliphatic rings. The van der Waals surface area contributed by atoms with Crippen LogP contribution in [0.25, 0.3) is 0 Å². The topological polar surface area (TPSA) is 86.8 Å². The normalized spacial score (nSPS) is 15.2. The summed E-state index contributed by atoms with van der Waals surface area (Å²) in [6.07, 6.45) is 6.22. The first kappa shape index (κ1) is 28.5. The molecule has 10 heteroatoms. The first-order valence-electron chi connectivity index (χ1n) is 12.0. The summed E-state index contributed by atoms with van der Waals surface area (Å²) in [4.78, 5) is 28.3. The molecule has 0 aliphatic heterocycles. The van der Waals surface area contributed by atoms with Crippen molar-refractivity contribution in [2.24, 2.45) is 0 Å². The van der Waals surface area contributed by atoms with E-state index in [4.69, 9.17) is 11.6 Å². The molecule has 0 saturated heterocycles. The van der Waals surface area contributed by atoms with Gasteiger partial charge in [0.15, 0.2) is 0 Å². The van der Waals surface area contributed by atoms with E-state index in [9.17, 15) is 18.0 Å². The van der Waals surface area contributed by atoms with Crippen molar-refractivity contribution in [1.82, 2.24) is 10.2 Å². The fraction of sp³-hybridized carbons (Fsp3) is 0.462. The predicted molar refractivity (Wildman–Crippen MR) is 148 cm³/mol. The van der Waals surface area contributed by atoms with Crippen molar-refractivity contribution in [1.29, 1.82) is 0 Å². The lowest BCUT2D eigenvalue weighted by molar-refractivity contribution is -0.139. The zero-order valence-corrected chi connectivity index (χ0v) is 24.0. The van der Waals surface area contributed by atoms with E-state index in [0.29, 0.717) is 16.3 Å². The van der Waals surface area contributed by atoms with E-state index >= 15 is 0 Å². The molecule has 1 N–H and O–H groups in total. The van der Waals surface area contributed by atoms with Crippen LogP contribution in [0.5, 0.6) is 0 Å². The lowest BCUT2D eigenvalue weighted by Crippen LogP contribution is -2.53. The Kier molecular flexibility index (Phi) is 9.83. The molecule has 196 valence electrons. The Labute approximate surface area is 227 Å². The molecular weight excluding hydrogens is 566 g/mol. The van der Waals surface area contributed by atoms with Gasteiger partial charge in [0, 0.05) is 22.1 Å². The Balaban J connectivity index is 1.89. The molecule has 1 fully saturated rings. The summed E-state index contributed by atoms with van der Waals surface area (Å²) >= 11 is 9.55. The van der Waals surface area contributed by atoms with Gasteiger partial charge >= 0.3 is 0 Å². The smallest absolute Gasteiger partial charge is 0.244 e. The van der Waals surface area contributed by atoms with Crippen molar-refractivity contribution in [2.75, 3.05) is 17.1 Å². The number of amides is 2. The van der Waals surface area contributed by atoms with Gasteiger partial charge in [0.2, 0.25) is 21.8 Å². The molecule has 3 rings (SSSR count). The first-order chi connectivity index (χ1) is 17.0. The number of carbonyl (C=O) groups is 2. The van der Waals surface area contributed by atoms with E-state index in [1.165, 1.54) is 17.4 Å². The third-order valence-electron chi connectivity index (χ3n) is 6.50. The number of benzene rings is 2. The zero-order chi connectivity index (χ0) is 26.5. The van der Waals surface area contributed by atoms with Crippen LogP contribution in [0.3, 0.4) is 0 Å². The fourth-order valence-corrected chi connectivity index (χ4v) is 5.71. The van der Waals surface area contributed by atoms with Gasteiger partial charge in [-0.05, 0) is 62.1 Å². The van der Waals surface area contributed by atoms with E-state index in [2.05, 4.69) is 21.2 Å². The van der Waals surface area contributed by atoms with E-state index < -0.39 is 28.5 Å². The Morgan fingerprint density at radius 3 is 2.36 bits per heavy atom. The molecule has 1 saturated carbocycles. The second-order valence-electron chi connectivity index (χ2n) is 9.37. The third-order valence-corrected chi connectivity index (χ3v) is 8.39. The van der Waals surface area contributed by atoms with Crippen LogP contribution in [0.15, 0.2) is 46.9 Å². The summed E-state index contributed by atoms with van der Waals surface area (Å²) in [5.41, 5.74) is 1.83. The summed E-state index contributed by atoms with van der Waals surface area (Å²) in [5.74, 6) is -0.716. The second-order valence-corrected chi connectivity index (χ2v) is 12.6. The van der Waals surface area contributed by atoms with Gasteiger partial charge in [-0.2, -0.15) is 0 Å². The number of nitrogens with one attached hydrogen (secondary N) is 1. The number of halogens is 2. The summed E-state index contributed by atoms with van der Waals surface area (Å²) in [6.45, 7) is 3.16. The third kappa shape index (κ3) is 7.70. The second kappa shape index (κ2) is 12.4. The van der Waals surface area contributed by atoms with E-state index in [1.807, 2.05) is 24.3 Å². The van der Waals surface area contributed by atoms with Gasteiger partial charge in [0.05, 0.1) is 11.9 Å². The molecule has 2 aromatic rings. The monoisotopic (exact) mass is 597 g/mol. The lowest BCUT2D eigenvalue weighted by Gasteiger charge is -2.33. The maximum absolute atomic E-state index is 13.7. The average molecular weight is 599 g/mol. The fourth-order valence-electron chi connectivity index (χ4n) is 4.38. The SMILES string of the molecule is Cc1ccc(Cl)cc1N(CC(=O)N(Cc1ccc(Br)cc1)C(C)C(=O)NC1CCCCC1)S(C)(=O)=O. The van der Waals surface area contributed by atoms with Crippen molar-refractivity contribution in [3.05, 3.63) is 63.1 Å². The Morgan fingerprint density at radius 2 is 1.75 bits per heavy atom. The quantitative estimate of drug-likeness (QED) is 0.438. The number of hydrogen-bond donors (Lipinski definition) is 1. The predicted octanol–water partition coefficient (Wildman–Crippen LogP) is 5.04. The highest BCUT2D eigenvalue weighted by atomic mass is 79.9. The first-order valence-corrected chi connectivity index (χ1v) is 15.1. The van der Waals surface area contributed by atoms with Crippen LogP contribution in [0, 0.1) is 6.92 Å². The molecule has 1 unspecified atom stereocenters. The number of carbonyl (C=O) groups excluding carboxylic acids is 2. The van der Waals surface area contributed by atoms with Gasteiger partial charge < -0.3 is 10.2 Å². The van der Waals surface area contributed by atoms with Crippen LogP contribution in [-0.4, -0.2) is 50.0 Å². The van der Waals surface area contributed by atoms with Crippen LogP contribution in [-0.2, 0) is 26.2 Å². The molecule has 1 aliphatic carbocycles. The molecule has 2 amide bonds. The van der Waals surface area contributed by atoms with Gasteiger partial charge in [0.1, 0.15) is 12.6 Å². The van der Waals surface area contributed by atoms with Gasteiger partial charge in [-0.3, -0.25) is 13.9 Å². The Morgan fingerprint density at radius 1 is 1.11 bits per heavy atom. The van der Waals surface area contributed by atoms with E-state index in [0.717, 1.165) is 46.3 Å². The Hall–Kier alpha value is -2.10. The van der Waals surface area contributed by atoms with Crippen molar-refractivity contribution in [3.8, 4) is 0 Å². The number of hydrogen-bond acceptors (Lipinski definition) is 4. The molecule has 0 bridgehead atoms. The zero-order valence-electron chi connectivity index (χ0n) is 20.8. The van der Waals surface area contributed by atoms with Crippen LogP contribution in [0.4, 0.5) is 5.69 Å². The van der Waals surface area contributed by atoms with Crippen LogP contribution in [0.1, 0.15) is 50.2 Å². The van der Waals surface area contributed by atoms with Gasteiger partial charge in [-0.1, -0.05) is 65.0 Å². The maximum Gasteiger partial charge on any atom is 0.244 e. The molecule has 0 heterocycles. The van der Waals surface area contributed by atoms with Gasteiger partial charge in [-0.15, -0.1) is 0 Å². The molecule has 0 spiro atoms. The Bertz CT molecular complexity index is 1180. The summed E-state index contributed by atoms with van der Waals surface area (Å²) in [5, 5.41) is 3.46. The van der Waals surface area contributed by atoms with Crippen molar-refractivity contribution >= 4 is 55.1 Å². The van der Waals surface area contributed by atoms with Crippen molar-refractivity contribution < 1.29 is 18.0 Å². The summed E-state index contributed by atoms with van der Waals surface area (Å²) in [7, 11) is -3.81. The molecular formula is C26H33BrClN3O4S. The minimum atomic E-state index is -3.81. The van der Waals surface area contributed by atoms with Crippen molar-refractivity contribution in [3.63, 3.8) is 0 Å². The molecule has 0 radical (unpaired) electrons. The summed E-state index contributed by atoms with van der Waals surface area (Å²) < 4.78 is 27.4. The number of rotatable bonds is 9. The van der Waals surface area contributed by atoms with Crippen LogP contribution in [0.2, 0.25) is 5.02 Å². The van der Waals surface area contributed by atoms with Gasteiger partial charge in [-0.25, -0.2) is 8.42 Å². The molecule has 0 aromatic heterocycles. The average Bonchev–Trinajstić information content (AvgIpc) is 2.83.